The van der Waals surface area contributed by atoms with Gasteiger partial charge in [-0.05, 0) is 41.8 Å². The molecule has 5 N–H and O–H groups in total. The van der Waals surface area contributed by atoms with Crippen molar-refractivity contribution in [1.82, 2.24) is 25.3 Å². The summed E-state index contributed by atoms with van der Waals surface area (Å²) in [5.41, 5.74) is 1.33. The molecule has 0 aromatic heterocycles. The molecule has 0 unspecified atom stereocenters. The fraction of sp³-hybridized carbons (Fsp3) is 0.500. The minimum atomic E-state index is -1.36. The van der Waals surface area contributed by atoms with E-state index in [1.165, 1.54) is 18.2 Å². The molecular formula is C32H37F2N5O8. The average Bonchev–Trinajstić information content (AvgIpc) is 3.56. The number of rotatable bonds is 5. The summed E-state index contributed by atoms with van der Waals surface area (Å²) in [6, 6.07) is 7.83. The number of carbonyl (C=O) groups excluding carboxylic acids is 3. The first kappa shape index (κ1) is 32.9. The van der Waals surface area contributed by atoms with Crippen molar-refractivity contribution in [2.24, 2.45) is 0 Å². The zero-order chi connectivity index (χ0) is 33.4. The molecular weight excluding hydrogens is 620 g/mol. The Morgan fingerprint density at radius 3 is 2.30 bits per heavy atom. The fourth-order valence-electron chi connectivity index (χ4n) is 6.92. The first-order valence-electron chi connectivity index (χ1n) is 15.6. The lowest BCUT2D eigenvalue weighted by Gasteiger charge is -2.42. The van der Waals surface area contributed by atoms with E-state index in [9.17, 15) is 43.3 Å². The first-order chi connectivity index (χ1) is 22.5. The Hall–Kier alpha value is -4.02. The molecule has 47 heavy (non-hydrogen) atoms. The number of carbonyl (C=O) groups is 4. The molecule has 13 nitrogen and oxygen atoms in total. The predicted octanol–water partition coefficient (Wildman–Crippen LogP) is -0.556. The number of fused-ring (bicyclic) bond motifs is 6. The minimum absolute atomic E-state index is 0.0116. The van der Waals surface area contributed by atoms with Crippen molar-refractivity contribution in [2.45, 2.75) is 68.5 Å². The van der Waals surface area contributed by atoms with Crippen LogP contribution in [0, 0.1) is 11.6 Å². The van der Waals surface area contributed by atoms with Gasteiger partial charge < -0.3 is 35.6 Å². The highest BCUT2D eigenvalue weighted by Crippen LogP contribution is 2.27. The van der Waals surface area contributed by atoms with Crippen LogP contribution in [0.2, 0.25) is 0 Å². The summed E-state index contributed by atoms with van der Waals surface area (Å²) in [5.74, 6) is -4.21. The van der Waals surface area contributed by atoms with Gasteiger partial charge in [0.1, 0.15) is 24.4 Å². The van der Waals surface area contributed by atoms with E-state index < -0.39 is 72.0 Å². The molecule has 2 aromatic carbocycles. The van der Waals surface area contributed by atoms with E-state index in [4.69, 9.17) is 4.74 Å². The van der Waals surface area contributed by atoms with Crippen LogP contribution in [0.5, 0.6) is 0 Å². The molecule has 252 valence electrons. The second-order valence-electron chi connectivity index (χ2n) is 12.6. The second kappa shape index (κ2) is 13.6. The minimum Gasteiger partial charge on any atom is -0.478 e. The number of carboxylic acids is 1. The maximum absolute atomic E-state index is 14.2. The van der Waals surface area contributed by atoms with E-state index in [2.05, 4.69) is 10.6 Å². The van der Waals surface area contributed by atoms with Crippen LogP contribution < -0.4 is 10.6 Å². The van der Waals surface area contributed by atoms with Gasteiger partial charge in [0.2, 0.25) is 17.7 Å². The van der Waals surface area contributed by atoms with Gasteiger partial charge in [0.15, 0.2) is 11.6 Å². The third-order valence-electron chi connectivity index (χ3n) is 9.44. The van der Waals surface area contributed by atoms with Gasteiger partial charge in [0, 0.05) is 51.9 Å². The number of nitrogens with zero attached hydrogens (tertiary/aromatic N) is 3. The number of amides is 3. The van der Waals surface area contributed by atoms with Crippen molar-refractivity contribution < 1.29 is 48.0 Å². The smallest absolute Gasteiger partial charge is 0.335 e. The number of nitrogens with one attached hydrogen (secondary N) is 2. The van der Waals surface area contributed by atoms with Crippen LogP contribution in [-0.4, -0.2) is 129 Å². The van der Waals surface area contributed by atoms with Gasteiger partial charge in [-0.3, -0.25) is 24.2 Å². The maximum Gasteiger partial charge on any atom is 0.335 e. The molecule has 4 fully saturated rings. The van der Waals surface area contributed by atoms with E-state index in [1.807, 2.05) is 4.90 Å². The van der Waals surface area contributed by atoms with Crippen LogP contribution in [0.15, 0.2) is 42.5 Å². The quantitative estimate of drug-likeness (QED) is 0.281. The van der Waals surface area contributed by atoms with Gasteiger partial charge in [0.05, 0.1) is 24.1 Å². The normalized spacial score (nSPS) is 30.7. The number of hydrogen-bond acceptors (Lipinski definition) is 9. The SMILES string of the molecule is O=C1C[C@@H]2O[C@H](CNC(=O)[C@@H]3CN(CCN3Cc3ccc(F)c(F)c3)C(=O)[C@@H]3C[C@@H](CN3Cc3ccc(C(=O)O)cc3)N1)[C@@H](O)[C@H]2O. The molecule has 6 rings (SSSR count). The van der Waals surface area contributed by atoms with Crippen LogP contribution >= 0.6 is 0 Å². The molecule has 0 saturated carbocycles. The Labute approximate surface area is 269 Å². The van der Waals surface area contributed by atoms with Gasteiger partial charge in [0.25, 0.3) is 0 Å². The molecule has 4 aliphatic heterocycles. The summed E-state index contributed by atoms with van der Waals surface area (Å²) in [7, 11) is 0. The number of aromatic carboxylic acids is 1. The summed E-state index contributed by atoms with van der Waals surface area (Å²) >= 11 is 0. The van der Waals surface area contributed by atoms with E-state index >= 15 is 0 Å². The lowest BCUT2D eigenvalue weighted by Crippen LogP contribution is -2.62. The Bertz CT molecular complexity index is 1530. The van der Waals surface area contributed by atoms with Crippen molar-refractivity contribution in [2.75, 3.05) is 32.7 Å². The number of carboxylic acid groups (broad SMARTS) is 1. The number of aliphatic hydroxyl groups is 2. The third kappa shape index (κ3) is 7.13. The molecule has 4 saturated heterocycles. The van der Waals surface area contributed by atoms with Crippen molar-refractivity contribution in [3.63, 3.8) is 0 Å². The third-order valence-corrected chi connectivity index (χ3v) is 9.44. The van der Waals surface area contributed by atoms with Crippen molar-refractivity contribution in [3.8, 4) is 0 Å². The lowest BCUT2D eigenvalue weighted by molar-refractivity contribution is -0.142. The number of piperazine rings is 1. The first-order valence-corrected chi connectivity index (χ1v) is 15.6. The van der Waals surface area contributed by atoms with Gasteiger partial charge in [-0.2, -0.15) is 0 Å². The van der Waals surface area contributed by atoms with Crippen LogP contribution in [0.1, 0.15) is 34.3 Å². The Morgan fingerprint density at radius 1 is 0.872 bits per heavy atom. The highest BCUT2D eigenvalue weighted by molar-refractivity contribution is 5.88. The molecule has 0 aliphatic carbocycles. The zero-order valence-electron chi connectivity index (χ0n) is 25.4. The largest absolute Gasteiger partial charge is 0.478 e. The number of aliphatic hydroxyl groups excluding tert-OH is 2. The molecule has 15 heteroatoms. The summed E-state index contributed by atoms with van der Waals surface area (Å²) in [5, 5.41) is 36.2. The molecule has 4 heterocycles. The summed E-state index contributed by atoms with van der Waals surface area (Å²) in [6.45, 7) is 1.02. The highest BCUT2D eigenvalue weighted by Gasteiger charge is 2.46. The van der Waals surface area contributed by atoms with Crippen molar-refractivity contribution in [3.05, 3.63) is 70.8 Å². The van der Waals surface area contributed by atoms with Gasteiger partial charge in [-0.1, -0.05) is 18.2 Å². The van der Waals surface area contributed by atoms with Crippen LogP contribution in [0.4, 0.5) is 8.78 Å². The van der Waals surface area contributed by atoms with E-state index in [-0.39, 0.29) is 57.0 Å². The monoisotopic (exact) mass is 657 g/mol. The maximum atomic E-state index is 14.2. The molecule has 2 aromatic rings. The number of halogens is 2. The topological polar surface area (TPSA) is 172 Å². The van der Waals surface area contributed by atoms with Crippen LogP contribution in [-0.2, 0) is 32.2 Å². The summed E-state index contributed by atoms with van der Waals surface area (Å²) < 4.78 is 33.4. The molecule has 0 spiro atoms. The number of benzene rings is 2. The number of likely N-dealkylation sites (tertiary alicyclic amines) is 1. The molecule has 3 amide bonds. The second-order valence-corrected chi connectivity index (χ2v) is 12.6. The van der Waals surface area contributed by atoms with Gasteiger partial charge >= 0.3 is 5.97 Å². The van der Waals surface area contributed by atoms with Crippen LogP contribution in [0.3, 0.4) is 0 Å². The predicted molar refractivity (Wildman–Crippen MR) is 160 cm³/mol. The number of ether oxygens (including phenoxy) is 1. The highest BCUT2D eigenvalue weighted by atomic mass is 19.2. The van der Waals surface area contributed by atoms with Crippen molar-refractivity contribution >= 4 is 23.7 Å². The Kier molecular flexibility index (Phi) is 9.53. The molecule has 6 bridgehead atoms. The Balaban J connectivity index is 1.27. The number of hydrogen-bond donors (Lipinski definition) is 5. The lowest BCUT2D eigenvalue weighted by atomic mass is 10.0. The summed E-state index contributed by atoms with van der Waals surface area (Å²) in [4.78, 5) is 57.4. The average molecular weight is 658 g/mol. The van der Waals surface area contributed by atoms with Gasteiger partial charge in [-0.25, -0.2) is 13.6 Å². The van der Waals surface area contributed by atoms with Crippen LogP contribution in [0.25, 0.3) is 0 Å². The Morgan fingerprint density at radius 2 is 1.57 bits per heavy atom. The standard InChI is InChI=1S/C32H37F2N5O8/c33-21-6-3-18(9-22(21)34)14-37-7-8-38-16-24(37)30(43)35-12-26-29(42)28(41)25(47-26)11-27(40)36-20-10-23(31(38)44)39(15-20)13-17-1-4-19(5-2-17)32(45)46/h1-6,9,20,23-26,28-29,41-42H,7-8,10-16H2,(H,35,43)(H,36,40)(H,45,46)/t20-,23-,24-,25-,26+,28-,29+/m0/s1. The molecule has 4 aliphatic rings. The summed E-state index contributed by atoms with van der Waals surface area (Å²) in [6.07, 6.45) is -4.70. The fourth-order valence-corrected chi connectivity index (χ4v) is 6.92. The van der Waals surface area contributed by atoms with Crippen molar-refractivity contribution in [1.29, 1.82) is 0 Å². The van der Waals surface area contributed by atoms with E-state index in [0.29, 0.717) is 18.7 Å². The van der Waals surface area contributed by atoms with Gasteiger partial charge in [-0.15, -0.1) is 0 Å². The zero-order valence-corrected chi connectivity index (χ0v) is 25.4. The van der Waals surface area contributed by atoms with E-state index in [1.54, 1.807) is 21.9 Å². The van der Waals surface area contributed by atoms with E-state index in [0.717, 1.165) is 17.7 Å². The molecule has 0 radical (unpaired) electrons. The molecule has 7 atom stereocenters.